The second-order valence-electron chi connectivity index (χ2n) is 3.20. The van der Waals surface area contributed by atoms with Crippen molar-refractivity contribution >= 4 is 17.5 Å². The van der Waals surface area contributed by atoms with E-state index < -0.39 is 0 Å². The number of benzene rings is 1. The van der Waals surface area contributed by atoms with E-state index in [9.17, 15) is 4.79 Å². The van der Waals surface area contributed by atoms with E-state index >= 15 is 0 Å². The fourth-order valence-electron chi connectivity index (χ4n) is 1.16. The summed E-state index contributed by atoms with van der Waals surface area (Å²) in [4.78, 5) is 16.2. The Bertz CT molecular complexity index is 324. The smallest absolute Gasteiger partial charge is 0.246 e. The zero-order valence-corrected chi connectivity index (χ0v) is 9.62. The van der Waals surface area contributed by atoms with Gasteiger partial charge in [0.1, 0.15) is 0 Å². The molecule has 1 rings (SSSR count). The van der Waals surface area contributed by atoms with Crippen molar-refractivity contribution in [3.8, 4) is 0 Å². The molecule has 15 heavy (non-hydrogen) atoms. The fourth-order valence-corrected chi connectivity index (χ4v) is 1.29. The second-order valence-corrected chi connectivity index (χ2v) is 3.64. The first kappa shape index (κ1) is 12.0. The predicted octanol–water partition coefficient (Wildman–Crippen LogP) is 2.29. The third kappa shape index (κ3) is 3.90. The van der Waals surface area contributed by atoms with Gasteiger partial charge < -0.3 is 0 Å². The number of aryl methyl sites for hydroxylation is 1. The van der Waals surface area contributed by atoms with Crippen LogP contribution in [0.5, 0.6) is 0 Å². The van der Waals surface area contributed by atoms with Crippen LogP contribution in [0.15, 0.2) is 24.3 Å². The van der Waals surface area contributed by atoms with Crippen molar-refractivity contribution in [1.29, 1.82) is 0 Å². The molecule has 0 spiro atoms. The van der Waals surface area contributed by atoms with Crippen molar-refractivity contribution in [2.45, 2.75) is 12.8 Å². The largest absolute Gasteiger partial charge is 0.275 e. The van der Waals surface area contributed by atoms with Gasteiger partial charge in [0.15, 0.2) is 0 Å². The third-order valence-corrected chi connectivity index (χ3v) is 2.42. The lowest BCUT2D eigenvalue weighted by molar-refractivity contribution is -0.168. The molecule has 0 atom stereocenters. The fraction of sp³-hybridized carbons (Fsp3) is 0.364. The highest BCUT2D eigenvalue weighted by Crippen LogP contribution is 2.11. The maximum absolute atomic E-state index is 11.4. The number of hydrogen-bond acceptors (Lipinski definition) is 2. The highest BCUT2D eigenvalue weighted by molar-refractivity contribution is 6.30. The van der Waals surface area contributed by atoms with E-state index in [1.807, 2.05) is 24.3 Å². The normalized spacial score (nSPS) is 10.1. The summed E-state index contributed by atoms with van der Waals surface area (Å²) in [6.07, 6.45) is 1.13. The van der Waals surface area contributed by atoms with Gasteiger partial charge in [0, 0.05) is 18.5 Å². The van der Waals surface area contributed by atoms with Crippen LogP contribution < -0.4 is 0 Å². The number of carbonyl (C=O) groups excluding carboxylic acids is 1. The molecule has 0 saturated carbocycles. The van der Waals surface area contributed by atoms with Gasteiger partial charge in [0.05, 0.1) is 7.11 Å². The molecule has 3 nitrogen and oxygen atoms in total. The first-order valence-electron chi connectivity index (χ1n) is 4.68. The molecule has 0 aliphatic rings. The predicted molar refractivity (Wildman–Crippen MR) is 59.6 cm³/mol. The quantitative estimate of drug-likeness (QED) is 0.739. The summed E-state index contributed by atoms with van der Waals surface area (Å²) < 4.78 is 0. The minimum Gasteiger partial charge on any atom is -0.275 e. The van der Waals surface area contributed by atoms with E-state index in [2.05, 4.69) is 0 Å². The van der Waals surface area contributed by atoms with Crippen molar-refractivity contribution in [2.75, 3.05) is 14.2 Å². The van der Waals surface area contributed by atoms with Gasteiger partial charge in [-0.2, -0.15) is 0 Å². The number of rotatable bonds is 4. The molecule has 0 fully saturated rings. The molecule has 1 amide bonds. The highest BCUT2D eigenvalue weighted by atomic mass is 35.5. The molecule has 0 unspecified atom stereocenters. The molecule has 1 aromatic carbocycles. The monoisotopic (exact) mass is 227 g/mol. The zero-order valence-electron chi connectivity index (χ0n) is 8.87. The molecule has 0 aliphatic heterocycles. The maximum atomic E-state index is 11.4. The van der Waals surface area contributed by atoms with Crippen molar-refractivity contribution in [3.05, 3.63) is 34.9 Å². The van der Waals surface area contributed by atoms with E-state index in [0.29, 0.717) is 17.9 Å². The number of halogens is 1. The van der Waals surface area contributed by atoms with Crippen LogP contribution in [0, 0.1) is 0 Å². The lowest BCUT2D eigenvalue weighted by Gasteiger charge is -2.13. The Morgan fingerprint density at radius 2 is 2.00 bits per heavy atom. The van der Waals surface area contributed by atoms with Gasteiger partial charge in [-0.05, 0) is 24.1 Å². The molecule has 1 aromatic rings. The molecule has 0 heterocycles. The van der Waals surface area contributed by atoms with Crippen molar-refractivity contribution in [2.24, 2.45) is 0 Å². The van der Waals surface area contributed by atoms with Gasteiger partial charge in [-0.15, -0.1) is 0 Å². The van der Waals surface area contributed by atoms with Crippen LogP contribution in [0.1, 0.15) is 12.0 Å². The third-order valence-electron chi connectivity index (χ3n) is 2.17. The molecular weight excluding hydrogens is 214 g/mol. The van der Waals surface area contributed by atoms with Crippen molar-refractivity contribution in [3.63, 3.8) is 0 Å². The Labute approximate surface area is 94.5 Å². The Morgan fingerprint density at radius 3 is 2.53 bits per heavy atom. The minimum absolute atomic E-state index is 0.0348. The molecule has 4 heteroatoms. The standard InChI is InChI=1S/C11H14ClNO2/c1-13(15-2)11(14)8-5-9-3-6-10(12)7-4-9/h3-4,6-7H,5,8H2,1-2H3. The van der Waals surface area contributed by atoms with Crippen molar-refractivity contribution in [1.82, 2.24) is 5.06 Å². The second kappa shape index (κ2) is 5.73. The van der Waals surface area contributed by atoms with Crippen LogP contribution in [0.3, 0.4) is 0 Å². The van der Waals surface area contributed by atoms with Crippen LogP contribution in [-0.4, -0.2) is 25.1 Å². The number of nitrogens with zero attached hydrogens (tertiary/aromatic N) is 1. The Hall–Kier alpha value is -1.06. The first-order valence-corrected chi connectivity index (χ1v) is 5.06. The molecule has 0 aliphatic carbocycles. The molecule has 0 bridgehead atoms. The van der Waals surface area contributed by atoms with Gasteiger partial charge in [0.25, 0.3) is 0 Å². The van der Waals surface area contributed by atoms with Crippen LogP contribution >= 0.6 is 11.6 Å². The van der Waals surface area contributed by atoms with Gasteiger partial charge in [0.2, 0.25) is 5.91 Å². The Kier molecular flexibility index (Phi) is 4.59. The molecular formula is C11H14ClNO2. The summed E-state index contributed by atoms with van der Waals surface area (Å²) in [6.45, 7) is 0. The number of hydrogen-bond donors (Lipinski definition) is 0. The van der Waals surface area contributed by atoms with Crippen LogP contribution in [0.4, 0.5) is 0 Å². The van der Waals surface area contributed by atoms with E-state index in [1.165, 1.54) is 12.2 Å². The molecule has 0 N–H and O–H groups in total. The number of hydroxylamine groups is 2. The Balaban J connectivity index is 2.43. The summed E-state index contributed by atoms with van der Waals surface area (Å²) in [5, 5.41) is 1.94. The molecule has 0 radical (unpaired) electrons. The highest BCUT2D eigenvalue weighted by Gasteiger charge is 2.07. The first-order chi connectivity index (χ1) is 7.13. The average molecular weight is 228 g/mol. The van der Waals surface area contributed by atoms with Gasteiger partial charge in [-0.25, -0.2) is 5.06 Å². The van der Waals surface area contributed by atoms with Gasteiger partial charge in [-0.1, -0.05) is 23.7 Å². The topological polar surface area (TPSA) is 29.5 Å². The summed E-state index contributed by atoms with van der Waals surface area (Å²) >= 11 is 5.75. The molecule has 82 valence electrons. The van der Waals surface area contributed by atoms with Gasteiger partial charge >= 0.3 is 0 Å². The number of amides is 1. The van der Waals surface area contributed by atoms with Gasteiger partial charge in [-0.3, -0.25) is 9.63 Å². The summed E-state index contributed by atoms with van der Waals surface area (Å²) in [5.41, 5.74) is 1.09. The maximum Gasteiger partial charge on any atom is 0.246 e. The lowest BCUT2D eigenvalue weighted by Crippen LogP contribution is -2.25. The summed E-state index contributed by atoms with van der Waals surface area (Å²) in [7, 11) is 3.07. The SMILES string of the molecule is CON(C)C(=O)CCc1ccc(Cl)cc1. The average Bonchev–Trinajstić information content (AvgIpc) is 2.26. The summed E-state index contributed by atoms with van der Waals surface area (Å²) in [6, 6.07) is 7.48. The van der Waals surface area contributed by atoms with E-state index in [0.717, 1.165) is 5.56 Å². The zero-order chi connectivity index (χ0) is 11.3. The molecule has 0 aromatic heterocycles. The van der Waals surface area contributed by atoms with Crippen LogP contribution in [-0.2, 0) is 16.1 Å². The van der Waals surface area contributed by atoms with Crippen molar-refractivity contribution < 1.29 is 9.63 Å². The van der Waals surface area contributed by atoms with E-state index in [4.69, 9.17) is 16.4 Å². The van der Waals surface area contributed by atoms with E-state index in [-0.39, 0.29) is 5.91 Å². The van der Waals surface area contributed by atoms with Crippen LogP contribution in [0.25, 0.3) is 0 Å². The summed E-state index contributed by atoms with van der Waals surface area (Å²) in [5.74, 6) is -0.0348. The van der Waals surface area contributed by atoms with E-state index in [1.54, 1.807) is 7.05 Å². The Morgan fingerprint density at radius 1 is 1.40 bits per heavy atom. The number of carbonyl (C=O) groups is 1. The minimum atomic E-state index is -0.0348. The van der Waals surface area contributed by atoms with Crippen LogP contribution in [0.2, 0.25) is 5.02 Å². The lowest BCUT2D eigenvalue weighted by atomic mass is 10.1. The molecule has 0 saturated heterocycles.